The standard InChI is InChI=1S/C23H27BrClFN2O2S/c1-15(22(30)27-23(2,3)4)28(12-16-7-5-8-17(24)11-16)21(29)14-31-13-18-19(25)9-6-10-20(18)26/h5-11,15H,12-14H2,1-4H3,(H,27,30)/t15-/m0/s1. The predicted molar refractivity (Wildman–Crippen MR) is 130 cm³/mol. The minimum absolute atomic E-state index is 0.103. The average Bonchev–Trinajstić information content (AvgIpc) is 2.66. The summed E-state index contributed by atoms with van der Waals surface area (Å²) in [5.74, 6) is -0.445. The van der Waals surface area contributed by atoms with Crippen LogP contribution in [0.3, 0.4) is 0 Å². The van der Waals surface area contributed by atoms with Crippen LogP contribution in [-0.2, 0) is 21.9 Å². The van der Waals surface area contributed by atoms with Gasteiger partial charge in [0, 0.05) is 32.9 Å². The number of nitrogens with zero attached hydrogens (tertiary/aromatic N) is 1. The fourth-order valence-corrected chi connectivity index (χ4v) is 4.58. The summed E-state index contributed by atoms with van der Waals surface area (Å²) in [6.07, 6.45) is 0. The molecule has 8 heteroatoms. The van der Waals surface area contributed by atoms with E-state index < -0.39 is 17.4 Å². The topological polar surface area (TPSA) is 49.4 Å². The molecule has 0 aliphatic heterocycles. The summed E-state index contributed by atoms with van der Waals surface area (Å²) in [5, 5.41) is 3.27. The van der Waals surface area contributed by atoms with Crippen LogP contribution in [0.2, 0.25) is 5.02 Å². The van der Waals surface area contributed by atoms with Gasteiger partial charge in [-0.1, -0.05) is 45.7 Å². The smallest absolute Gasteiger partial charge is 0.242 e. The molecule has 0 aliphatic rings. The maximum atomic E-state index is 14.0. The zero-order chi connectivity index (χ0) is 23.2. The van der Waals surface area contributed by atoms with Gasteiger partial charge in [0.15, 0.2) is 0 Å². The van der Waals surface area contributed by atoms with Gasteiger partial charge in [-0.25, -0.2) is 4.39 Å². The fraction of sp³-hybridized carbons (Fsp3) is 0.391. The summed E-state index contributed by atoms with van der Waals surface area (Å²) in [6.45, 7) is 7.69. The summed E-state index contributed by atoms with van der Waals surface area (Å²) < 4.78 is 14.9. The number of nitrogens with one attached hydrogen (secondary N) is 1. The molecule has 31 heavy (non-hydrogen) atoms. The highest BCUT2D eigenvalue weighted by Crippen LogP contribution is 2.24. The van der Waals surface area contributed by atoms with Crippen LogP contribution in [0.25, 0.3) is 0 Å². The maximum Gasteiger partial charge on any atom is 0.242 e. The number of halogens is 3. The molecule has 2 rings (SSSR count). The van der Waals surface area contributed by atoms with Crippen LogP contribution < -0.4 is 5.32 Å². The molecule has 0 unspecified atom stereocenters. The van der Waals surface area contributed by atoms with E-state index in [0.29, 0.717) is 10.6 Å². The molecule has 0 fully saturated rings. The Labute approximate surface area is 201 Å². The zero-order valence-corrected chi connectivity index (χ0v) is 21.2. The first-order valence-electron chi connectivity index (χ1n) is 9.84. The second-order valence-electron chi connectivity index (χ2n) is 8.26. The summed E-state index contributed by atoms with van der Waals surface area (Å²) in [7, 11) is 0. The van der Waals surface area contributed by atoms with Gasteiger partial charge >= 0.3 is 0 Å². The van der Waals surface area contributed by atoms with E-state index in [4.69, 9.17) is 11.6 Å². The number of amides is 2. The van der Waals surface area contributed by atoms with Crippen molar-refractivity contribution in [2.45, 2.75) is 51.6 Å². The Kier molecular flexibility index (Phi) is 9.40. The third-order valence-electron chi connectivity index (χ3n) is 4.44. The Morgan fingerprint density at radius 1 is 1.23 bits per heavy atom. The highest BCUT2D eigenvalue weighted by Gasteiger charge is 2.28. The highest BCUT2D eigenvalue weighted by molar-refractivity contribution is 9.10. The molecule has 0 heterocycles. The van der Waals surface area contributed by atoms with Gasteiger partial charge in [-0.05, 0) is 57.5 Å². The van der Waals surface area contributed by atoms with Crippen LogP contribution in [0.4, 0.5) is 4.39 Å². The van der Waals surface area contributed by atoms with Crippen molar-refractivity contribution in [2.24, 2.45) is 0 Å². The van der Waals surface area contributed by atoms with Crippen molar-refractivity contribution in [3.8, 4) is 0 Å². The van der Waals surface area contributed by atoms with Crippen LogP contribution >= 0.6 is 39.3 Å². The molecule has 1 atom stereocenters. The van der Waals surface area contributed by atoms with Crippen molar-refractivity contribution >= 4 is 51.1 Å². The monoisotopic (exact) mass is 528 g/mol. The van der Waals surface area contributed by atoms with Crippen LogP contribution in [0.1, 0.15) is 38.8 Å². The van der Waals surface area contributed by atoms with E-state index in [9.17, 15) is 14.0 Å². The fourth-order valence-electron chi connectivity index (χ4n) is 2.88. The van der Waals surface area contributed by atoms with Crippen molar-refractivity contribution in [1.29, 1.82) is 0 Å². The molecule has 4 nitrogen and oxygen atoms in total. The normalized spacial score (nSPS) is 12.4. The van der Waals surface area contributed by atoms with Gasteiger partial charge in [0.1, 0.15) is 11.9 Å². The number of benzene rings is 2. The van der Waals surface area contributed by atoms with Crippen LogP contribution in [0.5, 0.6) is 0 Å². The Hall–Kier alpha value is -1.57. The Bertz CT molecular complexity index is 916. The molecular weight excluding hydrogens is 503 g/mol. The van der Waals surface area contributed by atoms with E-state index in [1.54, 1.807) is 24.0 Å². The molecule has 0 radical (unpaired) electrons. The zero-order valence-electron chi connectivity index (χ0n) is 18.0. The predicted octanol–water partition coefficient (Wildman–Crippen LogP) is 5.81. The van der Waals surface area contributed by atoms with Crippen LogP contribution in [-0.4, -0.2) is 34.0 Å². The number of carbonyl (C=O) groups excluding carboxylic acids is 2. The van der Waals surface area contributed by atoms with E-state index in [-0.39, 0.29) is 29.9 Å². The van der Waals surface area contributed by atoms with Gasteiger partial charge in [0.05, 0.1) is 5.75 Å². The van der Waals surface area contributed by atoms with Gasteiger partial charge in [0.2, 0.25) is 11.8 Å². The first-order chi connectivity index (χ1) is 14.5. The molecule has 0 saturated heterocycles. The van der Waals surface area contributed by atoms with Gasteiger partial charge < -0.3 is 10.2 Å². The first kappa shape index (κ1) is 25.7. The summed E-state index contributed by atoms with van der Waals surface area (Å²) >= 11 is 10.8. The van der Waals surface area contributed by atoms with Crippen molar-refractivity contribution in [3.05, 3.63) is 68.9 Å². The number of thioether (sulfide) groups is 1. The van der Waals surface area contributed by atoms with Crippen molar-refractivity contribution < 1.29 is 14.0 Å². The van der Waals surface area contributed by atoms with Gasteiger partial charge in [-0.15, -0.1) is 11.8 Å². The number of hydrogen-bond acceptors (Lipinski definition) is 3. The Morgan fingerprint density at radius 2 is 1.90 bits per heavy atom. The number of hydrogen-bond donors (Lipinski definition) is 1. The Morgan fingerprint density at radius 3 is 2.52 bits per heavy atom. The minimum atomic E-state index is -0.664. The van der Waals surface area contributed by atoms with Gasteiger partial charge in [0.25, 0.3) is 0 Å². The molecule has 2 aromatic rings. The quantitative estimate of drug-likeness (QED) is 0.470. The number of carbonyl (C=O) groups is 2. The van der Waals surface area contributed by atoms with Crippen molar-refractivity contribution in [3.63, 3.8) is 0 Å². The molecule has 2 amide bonds. The average molecular weight is 530 g/mol. The Balaban J connectivity index is 2.14. The molecule has 1 N–H and O–H groups in total. The SMILES string of the molecule is C[C@@H](C(=O)NC(C)(C)C)N(Cc1cccc(Br)c1)C(=O)CSCc1c(F)cccc1Cl. The lowest BCUT2D eigenvalue weighted by Gasteiger charge is -2.31. The molecule has 0 spiro atoms. The minimum Gasteiger partial charge on any atom is -0.350 e. The van der Waals surface area contributed by atoms with Gasteiger partial charge in [-0.2, -0.15) is 0 Å². The van der Waals surface area contributed by atoms with E-state index in [0.717, 1.165) is 10.0 Å². The van der Waals surface area contributed by atoms with E-state index in [2.05, 4.69) is 21.2 Å². The lowest BCUT2D eigenvalue weighted by molar-refractivity contribution is -0.139. The molecule has 2 aromatic carbocycles. The molecule has 0 bridgehead atoms. The van der Waals surface area contributed by atoms with Crippen molar-refractivity contribution in [1.82, 2.24) is 10.2 Å². The van der Waals surface area contributed by atoms with E-state index in [1.165, 1.54) is 17.8 Å². The molecular formula is C23H27BrClFN2O2S. The van der Waals surface area contributed by atoms with Crippen molar-refractivity contribution in [2.75, 3.05) is 5.75 Å². The highest BCUT2D eigenvalue weighted by atomic mass is 79.9. The second kappa shape index (κ2) is 11.3. The van der Waals surface area contributed by atoms with E-state index >= 15 is 0 Å². The lowest BCUT2D eigenvalue weighted by atomic mass is 10.1. The summed E-state index contributed by atoms with van der Waals surface area (Å²) in [6, 6.07) is 11.5. The maximum absolute atomic E-state index is 14.0. The molecule has 0 saturated carbocycles. The van der Waals surface area contributed by atoms with Gasteiger partial charge in [-0.3, -0.25) is 9.59 Å². The largest absolute Gasteiger partial charge is 0.350 e. The van der Waals surface area contributed by atoms with E-state index in [1.807, 2.05) is 45.0 Å². The molecule has 0 aliphatic carbocycles. The lowest BCUT2D eigenvalue weighted by Crippen LogP contribution is -2.52. The van der Waals surface area contributed by atoms with Crippen LogP contribution in [0, 0.1) is 5.82 Å². The summed E-state index contributed by atoms with van der Waals surface area (Å²) in [4.78, 5) is 27.4. The van der Waals surface area contributed by atoms with Crippen LogP contribution in [0.15, 0.2) is 46.9 Å². The second-order valence-corrected chi connectivity index (χ2v) is 10.6. The number of rotatable bonds is 8. The molecule has 0 aromatic heterocycles. The third kappa shape index (κ3) is 8.13. The first-order valence-corrected chi connectivity index (χ1v) is 12.2. The molecule has 168 valence electrons. The summed E-state index contributed by atoms with van der Waals surface area (Å²) in [5.41, 5.74) is 0.867. The third-order valence-corrected chi connectivity index (χ3v) is 6.23.